The van der Waals surface area contributed by atoms with Gasteiger partial charge < -0.3 is 25.7 Å². The van der Waals surface area contributed by atoms with Crippen LogP contribution in [0.4, 0.5) is 5.95 Å². The van der Waals surface area contributed by atoms with Crippen molar-refractivity contribution in [1.82, 2.24) is 14.5 Å². The average molecular weight is 350 g/mol. The topological polar surface area (TPSA) is 137 Å². The van der Waals surface area contributed by atoms with E-state index >= 15 is 0 Å². The monoisotopic (exact) mass is 350 g/mol. The van der Waals surface area contributed by atoms with E-state index in [1.807, 2.05) is 23.8 Å². The van der Waals surface area contributed by atoms with E-state index in [4.69, 9.17) is 10.8 Å². The predicted molar refractivity (Wildman–Crippen MR) is 89.8 cm³/mol. The van der Waals surface area contributed by atoms with E-state index in [1.54, 1.807) is 13.3 Å². The van der Waals surface area contributed by atoms with Crippen LogP contribution in [0.25, 0.3) is 0 Å². The fourth-order valence-corrected chi connectivity index (χ4v) is 3.37. The second kappa shape index (κ2) is 6.12. The maximum Gasteiger partial charge on any atom is 0.323 e. The number of imidazole rings is 1. The summed E-state index contributed by atoms with van der Waals surface area (Å²) in [7, 11) is 1.84. The minimum atomic E-state index is -1.44. The molecule has 0 amide bonds. The van der Waals surface area contributed by atoms with Crippen LogP contribution in [-0.4, -0.2) is 80.8 Å². The zero-order valence-corrected chi connectivity index (χ0v) is 14.3. The number of fused-ring (bicyclic) bond motifs is 2. The summed E-state index contributed by atoms with van der Waals surface area (Å²) in [5.41, 5.74) is 6.49. The number of carbonyl (C=O) groups is 2. The van der Waals surface area contributed by atoms with E-state index in [0.717, 1.165) is 0 Å². The van der Waals surface area contributed by atoms with E-state index in [1.165, 1.54) is 4.57 Å². The highest BCUT2D eigenvalue weighted by Crippen LogP contribution is 2.32. The van der Waals surface area contributed by atoms with Gasteiger partial charge in [-0.2, -0.15) is 0 Å². The number of hydrogen-bond acceptors (Lipinski definition) is 8. The van der Waals surface area contributed by atoms with Crippen LogP contribution in [0, 0.1) is 6.92 Å². The number of aliphatic carboxylic acids is 1. The summed E-state index contributed by atoms with van der Waals surface area (Å²) < 4.78 is 1.42. The fourth-order valence-electron chi connectivity index (χ4n) is 3.37. The van der Waals surface area contributed by atoms with Crippen molar-refractivity contribution in [3.63, 3.8) is 0 Å². The number of carboxylic acids is 1. The number of aromatic nitrogens is 2. The molecule has 0 radical (unpaired) electrons. The minimum absolute atomic E-state index is 0.0789. The zero-order valence-electron chi connectivity index (χ0n) is 14.3. The van der Waals surface area contributed by atoms with Gasteiger partial charge in [0, 0.05) is 20.0 Å². The first-order chi connectivity index (χ1) is 11.8. The van der Waals surface area contributed by atoms with Gasteiger partial charge in [0.05, 0.1) is 23.8 Å². The largest absolute Gasteiger partial charge is 0.480 e. The Balaban J connectivity index is 1.98. The summed E-state index contributed by atoms with van der Waals surface area (Å²) in [5, 5.41) is 19.1. The number of aliphatic hydroxyl groups excluding tert-OH is 1. The Morgan fingerprint density at radius 3 is 2.76 bits per heavy atom. The lowest BCUT2D eigenvalue weighted by Gasteiger charge is -2.38. The van der Waals surface area contributed by atoms with Gasteiger partial charge in [0.25, 0.3) is 5.91 Å². The summed E-state index contributed by atoms with van der Waals surface area (Å²) in [6.07, 6.45) is 0.0282. The minimum Gasteiger partial charge on any atom is -0.480 e. The summed E-state index contributed by atoms with van der Waals surface area (Å²) in [6.45, 7) is 4.41. The molecule has 0 aliphatic carbocycles. The molecular formula is C15H22N6O4. The van der Waals surface area contributed by atoms with Crippen molar-refractivity contribution >= 4 is 24.2 Å². The van der Waals surface area contributed by atoms with Gasteiger partial charge in [0.2, 0.25) is 5.95 Å². The average Bonchev–Trinajstić information content (AvgIpc) is 3.14. The van der Waals surface area contributed by atoms with Crippen LogP contribution in [0.5, 0.6) is 0 Å². The fraction of sp³-hybridized carbons (Fsp3) is 0.600. The second-order valence-electron chi connectivity index (χ2n) is 6.32. The van der Waals surface area contributed by atoms with Crippen LogP contribution < -0.4 is 10.6 Å². The van der Waals surface area contributed by atoms with Crippen LogP contribution >= 0.6 is 0 Å². The smallest absolute Gasteiger partial charge is 0.323 e. The third-order valence-corrected chi connectivity index (χ3v) is 4.81. The van der Waals surface area contributed by atoms with Gasteiger partial charge in [-0.3, -0.25) is 19.1 Å². The van der Waals surface area contributed by atoms with Gasteiger partial charge in [0.15, 0.2) is 6.04 Å². The van der Waals surface area contributed by atoms with Crippen LogP contribution in [0.3, 0.4) is 0 Å². The lowest BCUT2D eigenvalue weighted by atomic mass is 10.0. The molecule has 136 valence electrons. The molecule has 3 rings (SSSR count). The molecule has 0 saturated carbocycles. The molecule has 0 spiro atoms. The third kappa shape index (κ3) is 2.57. The molecule has 10 heteroatoms. The number of hydrogen-bond donors (Lipinski definition) is 3. The predicted octanol–water partition coefficient (Wildman–Crippen LogP) is -1.34. The third-order valence-electron chi connectivity index (χ3n) is 4.81. The Hall–Kier alpha value is -2.46. The molecule has 2 aliphatic rings. The van der Waals surface area contributed by atoms with Crippen molar-refractivity contribution < 1.29 is 19.8 Å². The molecule has 0 saturated heterocycles. The molecular weight excluding hydrogens is 328 g/mol. The lowest BCUT2D eigenvalue weighted by molar-refractivity contribution is -0.141. The molecule has 3 heterocycles. The Labute approximate surface area is 144 Å². The standard InChI is InChI=1S/C15H22N6O4/c1-4-20-6-17-11-12(20)19(3)15-18-7(2)8(21(15)13(11)23)5-9(22)10(16)14(24)25/h6,9-12,22H,4-5,16H2,1-3H3,(H,24,25). The second-order valence-corrected chi connectivity index (χ2v) is 6.32. The maximum atomic E-state index is 13.0. The highest BCUT2D eigenvalue weighted by atomic mass is 16.4. The Morgan fingerprint density at radius 2 is 2.16 bits per heavy atom. The van der Waals surface area contributed by atoms with Crippen LogP contribution in [-0.2, 0) is 11.2 Å². The molecule has 1 aromatic rings. The van der Waals surface area contributed by atoms with Gasteiger partial charge in [-0.25, -0.2) is 4.98 Å². The number of carbonyl (C=O) groups excluding carboxylic acids is 1. The number of aryl methyl sites for hydroxylation is 1. The molecule has 2 aliphatic heterocycles. The van der Waals surface area contributed by atoms with Crippen molar-refractivity contribution in [3.8, 4) is 0 Å². The normalized spacial score (nSPS) is 24.3. The maximum absolute atomic E-state index is 13.0. The number of aliphatic imine (C=N–C) groups is 1. The molecule has 4 N–H and O–H groups in total. The molecule has 4 unspecified atom stereocenters. The van der Waals surface area contributed by atoms with E-state index in [-0.39, 0.29) is 18.5 Å². The number of anilines is 1. The van der Waals surface area contributed by atoms with Crippen molar-refractivity contribution in [2.24, 2.45) is 10.7 Å². The molecule has 0 fully saturated rings. The van der Waals surface area contributed by atoms with Gasteiger partial charge in [-0.05, 0) is 13.8 Å². The van der Waals surface area contributed by atoms with Crippen LogP contribution in [0.2, 0.25) is 0 Å². The molecule has 1 aromatic heterocycles. The highest BCUT2D eigenvalue weighted by molar-refractivity contribution is 5.93. The molecule has 10 nitrogen and oxygen atoms in total. The van der Waals surface area contributed by atoms with Crippen LogP contribution in [0.1, 0.15) is 23.1 Å². The van der Waals surface area contributed by atoms with E-state index in [2.05, 4.69) is 9.98 Å². The molecule has 25 heavy (non-hydrogen) atoms. The highest BCUT2D eigenvalue weighted by Gasteiger charge is 2.46. The number of carboxylic acid groups (broad SMARTS) is 1. The Morgan fingerprint density at radius 1 is 1.48 bits per heavy atom. The number of nitrogens with two attached hydrogens (primary N) is 1. The first kappa shape index (κ1) is 17.4. The Kier molecular flexibility index (Phi) is 4.25. The molecule has 0 bridgehead atoms. The van der Waals surface area contributed by atoms with Crippen molar-refractivity contribution in [2.75, 3.05) is 18.5 Å². The summed E-state index contributed by atoms with van der Waals surface area (Å²) in [4.78, 5) is 36.5. The molecule has 0 aromatic carbocycles. The van der Waals surface area contributed by atoms with Crippen LogP contribution in [0.15, 0.2) is 4.99 Å². The van der Waals surface area contributed by atoms with Crippen molar-refractivity contribution in [1.29, 1.82) is 0 Å². The summed E-state index contributed by atoms with van der Waals surface area (Å²) >= 11 is 0. The SMILES string of the molecule is CCN1C=NC2C(=O)n3c(nc(C)c3CC(O)C(N)C(=O)O)N(C)C21. The van der Waals surface area contributed by atoms with E-state index in [0.29, 0.717) is 23.9 Å². The van der Waals surface area contributed by atoms with Crippen molar-refractivity contribution in [2.45, 2.75) is 44.6 Å². The first-order valence-corrected chi connectivity index (χ1v) is 8.08. The van der Waals surface area contributed by atoms with Gasteiger partial charge >= 0.3 is 5.97 Å². The number of nitrogens with zero attached hydrogens (tertiary/aromatic N) is 5. The zero-order chi connectivity index (χ0) is 18.5. The lowest BCUT2D eigenvalue weighted by Crippen LogP contribution is -2.57. The quantitative estimate of drug-likeness (QED) is 0.593. The summed E-state index contributed by atoms with van der Waals surface area (Å²) in [5.74, 6) is -1.08. The van der Waals surface area contributed by atoms with E-state index < -0.39 is 24.2 Å². The number of likely N-dealkylation sites (N-methyl/N-ethyl adjacent to an activating group) is 2. The summed E-state index contributed by atoms with van der Waals surface area (Å²) in [6, 6.07) is -2.02. The Bertz CT molecular complexity index is 745. The molecule has 4 atom stereocenters. The van der Waals surface area contributed by atoms with Crippen molar-refractivity contribution in [3.05, 3.63) is 11.4 Å². The number of rotatable bonds is 5. The van der Waals surface area contributed by atoms with Gasteiger partial charge in [0.1, 0.15) is 12.2 Å². The number of aliphatic hydroxyl groups is 1. The van der Waals surface area contributed by atoms with E-state index in [9.17, 15) is 14.7 Å². The first-order valence-electron chi connectivity index (χ1n) is 8.08. The van der Waals surface area contributed by atoms with Gasteiger partial charge in [-0.15, -0.1) is 0 Å². The van der Waals surface area contributed by atoms with Gasteiger partial charge in [-0.1, -0.05) is 0 Å².